The average molecular weight is 435 g/mol. The van der Waals surface area contributed by atoms with Crippen LogP contribution in [0, 0.1) is 0 Å². The number of piperazine rings is 1. The molecule has 2 aliphatic heterocycles. The van der Waals surface area contributed by atoms with Gasteiger partial charge >= 0.3 is 6.09 Å². The van der Waals surface area contributed by atoms with E-state index in [0.29, 0.717) is 36.6 Å². The number of amides is 3. The monoisotopic (exact) mass is 434 g/mol. The molecule has 3 rings (SSSR count). The summed E-state index contributed by atoms with van der Waals surface area (Å²) < 4.78 is 5.42. The van der Waals surface area contributed by atoms with Crippen molar-refractivity contribution in [3.63, 3.8) is 0 Å². The van der Waals surface area contributed by atoms with Gasteiger partial charge in [-0.2, -0.15) is 0 Å². The Bertz CT molecular complexity index is 801. The number of nitrogens with one attached hydrogen (secondary N) is 2. The van der Waals surface area contributed by atoms with Gasteiger partial charge in [0.15, 0.2) is 0 Å². The molecule has 1 aromatic carbocycles. The van der Waals surface area contributed by atoms with E-state index in [-0.39, 0.29) is 17.9 Å². The Hall–Kier alpha value is -2.26. The summed E-state index contributed by atoms with van der Waals surface area (Å²) in [5, 5.41) is 5.75. The van der Waals surface area contributed by atoms with E-state index in [1.165, 1.54) is 11.8 Å². The quantitative estimate of drug-likeness (QED) is 0.692. The number of thioether (sulfide) groups is 1. The fourth-order valence-electron chi connectivity index (χ4n) is 3.31. The second-order valence-electron chi connectivity index (χ2n) is 8.47. The van der Waals surface area contributed by atoms with Crippen LogP contribution >= 0.6 is 11.8 Å². The predicted octanol–water partition coefficient (Wildman–Crippen LogP) is 2.40. The minimum absolute atomic E-state index is 0.0446. The molecule has 2 N–H and O–H groups in total. The molecule has 0 atom stereocenters. The van der Waals surface area contributed by atoms with Crippen molar-refractivity contribution in [1.82, 2.24) is 15.1 Å². The van der Waals surface area contributed by atoms with E-state index in [9.17, 15) is 14.4 Å². The Morgan fingerprint density at radius 3 is 2.63 bits per heavy atom. The first kappa shape index (κ1) is 22.4. The summed E-state index contributed by atoms with van der Waals surface area (Å²) >= 11 is 1.48. The Kier molecular flexibility index (Phi) is 7.25. The fourth-order valence-corrected chi connectivity index (χ4v) is 4.10. The lowest BCUT2D eigenvalue weighted by atomic mass is 10.2. The van der Waals surface area contributed by atoms with E-state index >= 15 is 0 Å². The van der Waals surface area contributed by atoms with Gasteiger partial charge in [-0.25, -0.2) is 4.79 Å². The number of carbonyl (C=O) groups excluding carboxylic acids is 3. The van der Waals surface area contributed by atoms with Gasteiger partial charge in [-0.15, -0.1) is 11.8 Å². The second-order valence-corrected chi connectivity index (χ2v) is 9.48. The van der Waals surface area contributed by atoms with Crippen LogP contribution in [0.1, 0.15) is 37.6 Å². The lowest BCUT2D eigenvalue weighted by Crippen LogP contribution is -2.50. The van der Waals surface area contributed by atoms with Crippen molar-refractivity contribution in [2.24, 2.45) is 0 Å². The molecule has 8 nitrogen and oxygen atoms in total. The summed E-state index contributed by atoms with van der Waals surface area (Å²) in [5.74, 6) is 0.221. The minimum Gasteiger partial charge on any atom is -0.444 e. The molecule has 0 bridgehead atoms. The first-order chi connectivity index (χ1) is 14.2. The molecule has 0 spiro atoms. The zero-order valence-corrected chi connectivity index (χ0v) is 18.6. The highest BCUT2D eigenvalue weighted by molar-refractivity contribution is 8.00. The number of hydrogen-bond acceptors (Lipinski definition) is 6. The zero-order chi connectivity index (χ0) is 21.7. The van der Waals surface area contributed by atoms with Crippen molar-refractivity contribution < 1.29 is 19.1 Å². The summed E-state index contributed by atoms with van der Waals surface area (Å²) in [6.45, 7) is 9.95. The average Bonchev–Trinajstić information content (AvgIpc) is 2.69. The summed E-state index contributed by atoms with van der Waals surface area (Å²) in [6, 6.07) is 5.39. The molecule has 0 saturated carbocycles. The van der Waals surface area contributed by atoms with Crippen LogP contribution in [-0.4, -0.2) is 78.3 Å². The Morgan fingerprint density at radius 2 is 1.93 bits per heavy atom. The molecule has 0 radical (unpaired) electrons. The van der Waals surface area contributed by atoms with Gasteiger partial charge in [0.05, 0.1) is 11.4 Å². The largest absolute Gasteiger partial charge is 0.444 e. The van der Waals surface area contributed by atoms with Gasteiger partial charge in [0.25, 0.3) is 5.91 Å². The molecule has 3 amide bonds. The number of carbonyl (C=O) groups is 3. The molecule has 2 aliphatic rings. The Labute approximate surface area is 181 Å². The van der Waals surface area contributed by atoms with E-state index in [0.717, 1.165) is 31.0 Å². The molecular weight excluding hydrogens is 404 g/mol. The molecule has 0 unspecified atom stereocenters. The number of anilines is 1. The van der Waals surface area contributed by atoms with Crippen molar-refractivity contribution in [2.75, 3.05) is 50.3 Å². The van der Waals surface area contributed by atoms with Crippen molar-refractivity contribution in [3.05, 3.63) is 23.8 Å². The summed E-state index contributed by atoms with van der Waals surface area (Å²) in [4.78, 5) is 41.0. The molecule has 9 heteroatoms. The molecular formula is C21H30N4O4S. The standard InChI is InChI=1S/C21H30N4O4S/c1-21(2,3)29-20(28)25-11-9-24(10-12-25)8-4-7-22-19(27)15-5-6-17-16(13-15)23-18(26)14-30-17/h5-6,13H,4,7-12,14H2,1-3H3,(H,22,27)(H,23,26). The van der Waals surface area contributed by atoms with Crippen molar-refractivity contribution in [3.8, 4) is 0 Å². The van der Waals surface area contributed by atoms with Crippen molar-refractivity contribution >= 4 is 35.4 Å². The van der Waals surface area contributed by atoms with Gasteiger partial charge in [0.2, 0.25) is 5.91 Å². The van der Waals surface area contributed by atoms with Crippen LogP contribution in [0.25, 0.3) is 0 Å². The van der Waals surface area contributed by atoms with Crippen LogP contribution in [-0.2, 0) is 9.53 Å². The van der Waals surface area contributed by atoms with Gasteiger partial charge < -0.3 is 20.3 Å². The van der Waals surface area contributed by atoms with Crippen molar-refractivity contribution in [1.29, 1.82) is 0 Å². The van der Waals surface area contributed by atoms with Crippen molar-refractivity contribution in [2.45, 2.75) is 37.7 Å². The van der Waals surface area contributed by atoms with E-state index in [2.05, 4.69) is 15.5 Å². The van der Waals surface area contributed by atoms with Crippen LogP contribution in [0.2, 0.25) is 0 Å². The van der Waals surface area contributed by atoms with Crippen LogP contribution in [0.15, 0.2) is 23.1 Å². The molecule has 1 saturated heterocycles. The maximum absolute atomic E-state index is 12.4. The smallest absolute Gasteiger partial charge is 0.410 e. The fraction of sp³-hybridized carbons (Fsp3) is 0.571. The van der Waals surface area contributed by atoms with Gasteiger partial charge in [-0.05, 0) is 51.9 Å². The van der Waals surface area contributed by atoms with E-state index in [4.69, 9.17) is 4.74 Å². The maximum atomic E-state index is 12.4. The van der Waals surface area contributed by atoms with Crippen LogP contribution in [0.4, 0.5) is 10.5 Å². The summed E-state index contributed by atoms with van der Waals surface area (Å²) in [7, 11) is 0. The van der Waals surface area contributed by atoms with Gasteiger partial charge in [-0.3, -0.25) is 14.5 Å². The van der Waals surface area contributed by atoms with E-state index < -0.39 is 5.60 Å². The lowest BCUT2D eigenvalue weighted by molar-refractivity contribution is -0.113. The third-order valence-electron chi connectivity index (χ3n) is 4.84. The second kappa shape index (κ2) is 9.70. The molecule has 0 aliphatic carbocycles. The maximum Gasteiger partial charge on any atom is 0.410 e. The highest BCUT2D eigenvalue weighted by atomic mass is 32.2. The number of nitrogens with zero attached hydrogens (tertiary/aromatic N) is 2. The SMILES string of the molecule is CC(C)(C)OC(=O)N1CCN(CCCNC(=O)c2ccc3c(c2)NC(=O)CS3)CC1. The first-order valence-electron chi connectivity index (χ1n) is 10.3. The van der Waals surface area contributed by atoms with E-state index in [1.54, 1.807) is 17.0 Å². The zero-order valence-electron chi connectivity index (χ0n) is 17.8. The first-order valence-corrected chi connectivity index (χ1v) is 11.2. The molecule has 30 heavy (non-hydrogen) atoms. The van der Waals surface area contributed by atoms with Gasteiger partial charge in [-0.1, -0.05) is 0 Å². The van der Waals surface area contributed by atoms with E-state index in [1.807, 2.05) is 26.8 Å². The van der Waals surface area contributed by atoms with Crippen LogP contribution in [0.5, 0.6) is 0 Å². The van der Waals surface area contributed by atoms with Gasteiger partial charge in [0.1, 0.15) is 5.60 Å². The summed E-state index contributed by atoms with van der Waals surface area (Å²) in [6.07, 6.45) is 0.574. The lowest BCUT2D eigenvalue weighted by Gasteiger charge is -2.35. The normalized spacial score (nSPS) is 17.2. The third kappa shape index (κ3) is 6.37. The molecule has 164 valence electrons. The third-order valence-corrected chi connectivity index (χ3v) is 5.91. The summed E-state index contributed by atoms with van der Waals surface area (Å²) in [5.41, 5.74) is 0.767. The number of hydrogen-bond donors (Lipinski definition) is 2. The van der Waals surface area contributed by atoms with Crippen LogP contribution in [0.3, 0.4) is 0 Å². The van der Waals surface area contributed by atoms with Crippen LogP contribution < -0.4 is 10.6 Å². The highest BCUT2D eigenvalue weighted by Gasteiger charge is 2.25. The topological polar surface area (TPSA) is 91.0 Å². The molecule has 2 heterocycles. The highest BCUT2D eigenvalue weighted by Crippen LogP contribution is 2.31. The Morgan fingerprint density at radius 1 is 1.20 bits per heavy atom. The molecule has 1 aromatic rings. The number of ether oxygens (including phenoxy) is 1. The number of benzene rings is 1. The van der Waals surface area contributed by atoms with Gasteiger partial charge in [0, 0.05) is 43.2 Å². The number of fused-ring (bicyclic) bond motifs is 1. The molecule has 0 aromatic heterocycles. The number of rotatable bonds is 5. The minimum atomic E-state index is -0.477. The molecule has 1 fully saturated rings. The predicted molar refractivity (Wildman–Crippen MR) is 117 cm³/mol. The Balaban J connectivity index is 1.36.